The molecular weight excluding hydrogens is 395 g/mol. The molecule has 0 spiro atoms. The van der Waals surface area contributed by atoms with E-state index in [4.69, 9.17) is 4.74 Å². The minimum Gasteiger partial charge on any atom is -0.490 e. The van der Waals surface area contributed by atoms with Crippen LogP contribution in [0.1, 0.15) is 36.9 Å². The molecule has 1 fully saturated rings. The molecule has 0 bridgehead atoms. The quantitative estimate of drug-likeness (QED) is 0.476. The minimum atomic E-state index is -0.370. The van der Waals surface area contributed by atoms with Crippen molar-refractivity contribution < 1.29 is 13.9 Å². The summed E-state index contributed by atoms with van der Waals surface area (Å²) in [4.78, 5) is 18.1. The normalized spacial score (nSPS) is 14.6. The number of carbonyl (C=O) groups excluding carboxylic acids is 1. The van der Waals surface area contributed by atoms with Gasteiger partial charge in [-0.3, -0.25) is 4.79 Å². The number of rotatable bonds is 9. The predicted molar refractivity (Wildman–Crippen MR) is 120 cm³/mol. The Labute approximate surface area is 183 Å². The lowest BCUT2D eigenvalue weighted by Gasteiger charge is -2.20. The highest BCUT2D eigenvalue weighted by atomic mass is 19.1. The summed E-state index contributed by atoms with van der Waals surface area (Å²) in [6, 6.07) is 14.6. The average molecular weight is 427 g/mol. The zero-order chi connectivity index (χ0) is 22.2. The van der Waals surface area contributed by atoms with Crippen LogP contribution < -0.4 is 15.4 Å². The Balaban J connectivity index is 1.66. The Kier molecular flexibility index (Phi) is 7.87. The van der Waals surface area contributed by atoms with Crippen molar-refractivity contribution >= 4 is 11.9 Å². The Morgan fingerprint density at radius 1 is 1.23 bits per heavy atom. The predicted octanol–water partition coefficient (Wildman–Crippen LogP) is 3.50. The van der Waals surface area contributed by atoms with Gasteiger partial charge in [0.25, 0.3) is 0 Å². The molecule has 0 heterocycles. The summed E-state index contributed by atoms with van der Waals surface area (Å²) in [6.07, 6.45) is 2.32. The zero-order valence-electron chi connectivity index (χ0n) is 18.4. The van der Waals surface area contributed by atoms with Crippen molar-refractivity contribution in [3.05, 3.63) is 65.5 Å². The van der Waals surface area contributed by atoms with Gasteiger partial charge in [0.05, 0.1) is 25.7 Å². The largest absolute Gasteiger partial charge is 0.490 e. The number of hydrogen-bond acceptors (Lipinski definition) is 3. The van der Waals surface area contributed by atoms with Crippen molar-refractivity contribution in [1.82, 2.24) is 15.5 Å². The van der Waals surface area contributed by atoms with Gasteiger partial charge in [0.15, 0.2) is 17.5 Å². The Morgan fingerprint density at radius 2 is 1.97 bits per heavy atom. The van der Waals surface area contributed by atoms with E-state index in [9.17, 15) is 9.18 Å². The van der Waals surface area contributed by atoms with Crippen LogP contribution >= 0.6 is 0 Å². The van der Waals surface area contributed by atoms with Gasteiger partial charge in [-0.15, -0.1) is 0 Å². The van der Waals surface area contributed by atoms with E-state index in [1.54, 1.807) is 20.2 Å². The molecule has 166 valence electrons. The third-order valence-corrected chi connectivity index (χ3v) is 5.15. The fraction of sp³-hybridized carbons (Fsp3) is 0.417. The van der Waals surface area contributed by atoms with Crippen LogP contribution in [0, 0.1) is 11.7 Å². The lowest BCUT2D eigenvalue weighted by atomic mass is 10.1. The van der Waals surface area contributed by atoms with Crippen molar-refractivity contribution in [2.75, 3.05) is 27.2 Å². The topological polar surface area (TPSA) is 66.0 Å². The fourth-order valence-electron chi connectivity index (χ4n) is 2.91. The summed E-state index contributed by atoms with van der Waals surface area (Å²) in [6.45, 7) is 3.07. The number of nitrogens with zero attached hydrogens (tertiary/aromatic N) is 2. The highest BCUT2D eigenvalue weighted by Gasteiger charge is 2.22. The van der Waals surface area contributed by atoms with Crippen molar-refractivity contribution in [3.8, 4) is 5.75 Å². The van der Waals surface area contributed by atoms with Crippen LogP contribution in [-0.2, 0) is 11.3 Å². The molecule has 0 aromatic heterocycles. The number of nitrogens with one attached hydrogen (secondary N) is 2. The van der Waals surface area contributed by atoms with Crippen LogP contribution in [0.3, 0.4) is 0 Å². The Bertz CT molecular complexity index is 898. The molecule has 1 amide bonds. The van der Waals surface area contributed by atoms with E-state index in [0.29, 0.717) is 25.0 Å². The first kappa shape index (κ1) is 22.6. The number of likely N-dealkylation sites (N-methyl/N-ethyl adjacent to an activating group) is 1. The lowest BCUT2D eigenvalue weighted by Crippen LogP contribution is -2.43. The van der Waals surface area contributed by atoms with E-state index in [1.807, 2.05) is 43.3 Å². The van der Waals surface area contributed by atoms with Gasteiger partial charge < -0.3 is 20.3 Å². The second-order valence-corrected chi connectivity index (χ2v) is 8.10. The first-order valence-electron chi connectivity index (χ1n) is 10.6. The summed E-state index contributed by atoms with van der Waals surface area (Å²) in [5, 5.41) is 6.33. The van der Waals surface area contributed by atoms with Crippen LogP contribution in [-0.4, -0.2) is 44.0 Å². The van der Waals surface area contributed by atoms with Gasteiger partial charge >= 0.3 is 0 Å². The second kappa shape index (κ2) is 10.8. The summed E-state index contributed by atoms with van der Waals surface area (Å²) in [7, 11) is 3.41. The van der Waals surface area contributed by atoms with Gasteiger partial charge in [-0.1, -0.05) is 36.4 Å². The van der Waals surface area contributed by atoms with Gasteiger partial charge in [-0.25, -0.2) is 9.38 Å². The smallest absolute Gasteiger partial charge is 0.241 e. The molecule has 1 unspecified atom stereocenters. The molecule has 0 saturated heterocycles. The van der Waals surface area contributed by atoms with E-state index >= 15 is 0 Å². The molecule has 0 aliphatic heterocycles. The summed E-state index contributed by atoms with van der Waals surface area (Å²) < 4.78 is 20.1. The van der Waals surface area contributed by atoms with Crippen LogP contribution in [0.2, 0.25) is 0 Å². The van der Waals surface area contributed by atoms with Crippen molar-refractivity contribution in [2.24, 2.45) is 10.9 Å². The van der Waals surface area contributed by atoms with Gasteiger partial charge in [-0.2, -0.15) is 0 Å². The first-order valence-corrected chi connectivity index (χ1v) is 10.6. The molecule has 1 aliphatic carbocycles. The molecule has 2 aromatic rings. The SMILES string of the molecule is CC(NC(=NCc1ccccc1)NCC(=O)N(C)C)c1ccc(OCC2CC2)c(F)c1. The maximum atomic E-state index is 14.5. The van der Waals surface area contributed by atoms with E-state index in [1.165, 1.54) is 11.0 Å². The second-order valence-electron chi connectivity index (χ2n) is 8.10. The van der Waals surface area contributed by atoms with Crippen LogP contribution in [0.15, 0.2) is 53.5 Å². The van der Waals surface area contributed by atoms with Gasteiger partial charge in [-0.05, 0) is 48.9 Å². The number of ether oxygens (including phenoxy) is 1. The molecule has 1 aliphatic rings. The molecule has 2 aromatic carbocycles. The number of benzene rings is 2. The number of amides is 1. The van der Waals surface area contributed by atoms with Crippen LogP contribution in [0.4, 0.5) is 4.39 Å². The number of hydrogen-bond donors (Lipinski definition) is 2. The number of aliphatic imine (C=N–C) groups is 1. The van der Waals surface area contributed by atoms with E-state index in [2.05, 4.69) is 15.6 Å². The van der Waals surface area contributed by atoms with Gasteiger partial charge in [0, 0.05) is 14.1 Å². The van der Waals surface area contributed by atoms with E-state index in [0.717, 1.165) is 24.0 Å². The van der Waals surface area contributed by atoms with Gasteiger partial charge in [0.2, 0.25) is 5.91 Å². The van der Waals surface area contributed by atoms with Gasteiger partial charge in [0.1, 0.15) is 0 Å². The highest BCUT2D eigenvalue weighted by molar-refractivity contribution is 5.86. The van der Waals surface area contributed by atoms with Crippen LogP contribution in [0.25, 0.3) is 0 Å². The van der Waals surface area contributed by atoms with Crippen molar-refractivity contribution in [1.29, 1.82) is 0 Å². The lowest BCUT2D eigenvalue weighted by molar-refractivity contribution is -0.127. The van der Waals surface area contributed by atoms with Crippen LogP contribution in [0.5, 0.6) is 5.75 Å². The fourth-order valence-corrected chi connectivity index (χ4v) is 2.91. The third kappa shape index (κ3) is 7.27. The molecule has 7 heteroatoms. The molecule has 1 saturated carbocycles. The molecule has 0 radical (unpaired) electrons. The molecular formula is C24H31FN4O2. The third-order valence-electron chi connectivity index (χ3n) is 5.15. The summed E-state index contributed by atoms with van der Waals surface area (Å²) in [5.74, 6) is 0.908. The average Bonchev–Trinajstić information content (AvgIpc) is 3.59. The standard InChI is InChI=1S/C24H31FN4O2/c1-17(20-11-12-22(21(25)13-20)31-16-19-9-10-19)28-24(27-15-23(30)29(2)3)26-14-18-7-5-4-6-8-18/h4-8,11-13,17,19H,9-10,14-16H2,1-3H3,(H2,26,27,28). The molecule has 3 rings (SSSR count). The number of halogens is 1. The molecule has 6 nitrogen and oxygen atoms in total. The number of carbonyl (C=O) groups is 1. The Morgan fingerprint density at radius 3 is 2.61 bits per heavy atom. The zero-order valence-corrected chi connectivity index (χ0v) is 18.4. The molecule has 1 atom stereocenters. The summed E-state index contributed by atoms with van der Waals surface area (Å²) in [5.41, 5.74) is 1.82. The molecule has 31 heavy (non-hydrogen) atoms. The summed E-state index contributed by atoms with van der Waals surface area (Å²) >= 11 is 0. The minimum absolute atomic E-state index is 0.0647. The molecule has 2 N–H and O–H groups in total. The number of guanidine groups is 1. The van der Waals surface area contributed by atoms with E-state index in [-0.39, 0.29) is 30.1 Å². The monoisotopic (exact) mass is 426 g/mol. The Hall–Kier alpha value is -3.09. The van der Waals surface area contributed by atoms with Crippen molar-refractivity contribution in [3.63, 3.8) is 0 Å². The maximum Gasteiger partial charge on any atom is 0.241 e. The highest BCUT2D eigenvalue weighted by Crippen LogP contribution is 2.30. The first-order chi connectivity index (χ1) is 14.9. The van der Waals surface area contributed by atoms with E-state index < -0.39 is 0 Å². The maximum absolute atomic E-state index is 14.5. The van der Waals surface area contributed by atoms with Crippen molar-refractivity contribution in [2.45, 2.75) is 32.4 Å².